The van der Waals surface area contributed by atoms with Gasteiger partial charge in [-0.15, -0.1) is 0 Å². The molecule has 2 rings (SSSR count). The average Bonchev–Trinajstić information content (AvgIpc) is 2.47. The van der Waals surface area contributed by atoms with Crippen LogP contribution in [-0.2, 0) is 6.42 Å². The average molecular weight is 317 g/mol. The molecule has 21 heavy (non-hydrogen) atoms. The van der Waals surface area contributed by atoms with Crippen molar-refractivity contribution in [1.29, 1.82) is 0 Å². The minimum Gasteiger partial charge on any atom is -0.206 e. The lowest BCUT2D eigenvalue weighted by Crippen LogP contribution is -2.02. The SMILES string of the molecule is CCCc1cccc(-c2c(F)c(F)c(C)c(F)c2Cl)c1F. The zero-order valence-electron chi connectivity index (χ0n) is 11.5. The zero-order chi connectivity index (χ0) is 15.7. The van der Waals surface area contributed by atoms with E-state index in [1.165, 1.54) is 12.1 Å². The highest BCUT2D eigenvalue weighted by Gasteiger charge is 2.25. The Labute approximate surface area is 125 Å². The molecule has 0 heterocycles. The number of rotatable bonds is 3. The summed E-state index contributed by atoms with van der Waals surface area (Å²) in [5, 5.41) is -0.612. The predicted octanol–water partition coefficient (Wildman–Crippen LogP) is 5.82. The van der Waals surface area contributed by atoms with Gasteiger partial charge in [-0.25, -0.2) is 17.6 Å². The smallest absolute Gasteiger partial charge is 0.168 e. The highest BCUT2D eigenvalue weighted by atomic mass is 35.5. The van der Waals surface area contributed by atoms with Crippen molar-refractivity contribution in [2.24, 2.45) is 0 Å². The number of halogens is 5. The monoisotopic (exact) mass is 316 g/mol. The van der Waals surface area contributed by atoms with Crippen LogP contribution in [0.1, 0.15) is 24.5 Å². The second-order valence-corrected chi connectivity index (χ2v) is 5.16. The van der Waals surface area contributed by atoms with Crippen LogP contribution in [0, 0.1) is 30.2 Å². The Morgan fingerprint density at radius 1 is 0.952 bits per heavy atom. The molecule has 0 unspecified atom stereocenters. The molecule has 0 fully saturated rings. The first kappa shape index (κ1) is 15.8. The molecule has 0 spiro atoms. The van der Waals surface area contributed by atoms with E-state index in [1.807, 2.05) is 6.92 Å². The third-order valence-corrected chi connectivity index (χ3v) is 3.71. The molecule has 0 bridgehead atoms. The quantitative estimate of drug-likeness (QED) is 0.494. The zero-order valence-corrected chi connectivity index (χ0v) is 12.3. The normalized spacial score (nSPS) is 11.0. The Balaban J connectivity index is 2.77. The molecule has 0 aliphatic heterocycles. The summed E-state index contributed by atoms with van der Waals surface area (Å²) in [6, 6.07) is 4.32. The molecule has 2 aromatic rings. The van der Waals surface area contributed by atoms with Crippen LogP contribution < -0.4 is 0 Å². The maximum atomic E-state index is 14.4. The Morgan fingerprint density at radius 3 is 2.24 bits per heavy atom. The standard InChI is InChI=1S/C16H13ClF4/c1-3-5-9-6-4-7-10(15(9)20)11-12(17)13(18)8(2)14(19)16(11)21/h4,6-7H,3,5H2,1-2H3. The highest BCUT2D eigenvalue weighted by molar-refractivity contribution is 6.33. The van der Waals surface area contributed by atoms with Crippen LogP contribution >= 0.6 is 11.6 Å². The molecule has 0 radical (unpaired) electrons. The van der Waals surface area contributed by atoms with E-state index in [0.29, 0.717) is 18.4 Å². The van der Waals surface area contributed by atoms with Gasteiger partial charge >= 0.3 is 0 Å². The molecule has 0 aliphatic rings. The minimum absolute atomic E-state index is 0.235. The van der Waals surface area contributed by atoms with Gasteiger partial charge in [-0.2, -0.15) is 0 Å². The van der Waals surface area contributed by atoms with Gasteiger partial charge in [0.05, 0.1) is 5.02 Å². The van der Waals surface area contributed by atoms with Crippen molar-refractivity contribution in [3.63, 3.8) is 0 Å². The largest absolute Gasteiger partial charge is 0.206 e. The van der Waals surface area contributed by atoms with E-state index in [1.54, 1.807) is 6.07 Å². The van der Waals surface area contributed by atoms with Gasteiger partial charge < -0.3 is 0 Å². The molecular weight excluding hydrogens is 304 g/mol. The molecule has 0 atom stereocenters. The van der Waals surface area contributed by atoms with Gasteiger partial charge in [0.15, 0.2) is 11.6 Å². The maximum Gasteiger partial charge on any atom is 0.168 e. The van der Waals surface area contributed by atoms with E-state index in [2.05, 4.69) is 0 Å². The summed E-state index contributed by atoms with van der Waals surface area (Å²) in [6.07, 6.45) is 1.13. The molecule has 2 aromatic carbocycles. The number of hydrogen-bond acceptors (Lipinski definition) is 0. The second kappa shape index (κ2) is 6.06. The summed E-state index contributed by atoms with van der Waals surface area (Å²) in [5.74, 6) is -4.48. The van der Waals surface area contributed by atoms with Gasteiger partial charge in [-0.05, 0) is 18.9 Å². The summed E-state index contributed by atoms with van der Waals surface area (Å²) < 4.78 is 56.0. The molecule has 0 N–H and O–H groups in total. The van der Waals surface area contributed by atoms with Gasteiger partial charge in [0.2, 0.25) is 0 Å². The first-order valence-electron chi connectivity index (χ1n) is 6.50. The van der Waals surface area contributed by atoms with Crippen LogP contribution in [0.5, 0.6) is 0 Å². The highest BCUT2D eigenvalue weighted by Crippen LogP contribution is 2.38. The lowest BCUT2D eigenvalue weighted by Gasteiger charge is -2.13. The fourth-order valence-corrected chi connectivity index (χ4v) is 2.54. The topological polar surface area (TPSA) is 0 Å². The fraction of sp³-hybridized carbons (Fsp3) is 0.250. The van der Waals surface area contributed by atoms with Crippen molar-refractivity contribution in [3.05, 3.63) is 57.6 Å². The van der Waals surface area contributed by atoms with Crippen molar-refractivity contribution in [1.82, 2.24) is 0 Å². The molecule has 0 saturated carbocycles. The predicted molar refractivity (Wildman–Crippen MR) is 75.5 cm³/mol. The van der Waals surface area contributed by atoms with Gasteiger partial charge in [-0.3, -0.25) is 0 Å². The fourth-order valence-electron chi connectivity index (χ4n) is 2.21. The Morgan fingerprint density at radius 2 is 1.62 bits per heavy atom. The van der Waals surface area contributed by atoms with Gasteiger partial charge in [0.1, 0.15) is 11.6 Å². The van der Waals surface area contributed by atoms with E-state index in [-0.39, 0.29) is 5.56 Å². The van der Waals surface area contributed by atoms with E-state index in [9.17, 15) is 17.6 Å². The lowest BCUT2D eigenvalue weighted by atomic mass is 9.98. The first-order chi connectivity index (χ1) is 9.90. The Kier molecular flexibility index (Phi) is 4.57. The van der Waals surface area contributed by atoms with Crippen LogP contribution in [0.15, 0.2) is 18.2 Å². The van der Waals surface area contributed by atoms with Crippen LogP contribution in [0.25, 0.3) is 11.1 Å². The van der Waals surface area contributed by atoms with Crippen LogP contribution in [0.4, 0.5) is 17.6 Å². The molecule has 0 amide bonds. The number of benzene rings is 2. The maximum absolute atomic E-state index is 14.4. The Hall–Kier alpha value is -1.55. The molecule has 0 saturated heterocycles. The summed E-state index contributed by atoms with van der Waals surface area (Å²) in [6.45, 7) is 2.94. The summed E-state index contributed by atoms with van der Waals surface area (Å²) in [5.41, 5.74) is -0.979. The van der Waals surface area contributed by atoms with Crippen LogP contribution in [0.3, 0.4) is 0 Å². The third-order valence-electron chi connectivity index (χ3n) is 3.35. The van der Waals surface area contributed by atoms with Crippen LogP contribution in [0.2, 0.25) is 5.02 Å². The molecule has 0 aromatic heterocycles. The molecule has 5 heteroatoms. The number of hydrogen-bond donors (Lipinski definition) is 0. The van der Waals surface area contributed by atoms with Gasteiger partial charge in [0.25, 0.3) is 0 Å². The van der Waals surface area contributed by atoms with Gasteiger partial charge in [0, 0.05) is 16.7 Å². The number of aryl methyl sites for hydroxylation is 1. The van der Waals surface area contributed by atoms with E-state index in [0.717, 1.165) is 6.92 Å². The molecule has 0 aliphatic carbocycles. The van der Waals surface area contributed by atoms with Crippen molar-refractivity contribution < 1.29 is 17.6 Å². The minimum atomic E-state index is -1.35. The molecule has 112 valence electrons. The molecule has 0 nitrogen and oxygen atoms in total. The van der Waals surface area contributed by atoms with E-state index in [4.69, 9.17) is 11.6 Å². The van der Waals surface area contributed by atoms with Crippen molar-refractivity contribution >= 4 is 11.6 Å². The summed E-state index contributed by atoms with van der Waals surface area (Å²) in [4.78, 5) is 0. The van der Waals surface area contributed by atoms with E-state index < -0.39 is 39.4 Å². The summed E-state index contributed by atoms with van der Waals surface area (Å²) in [7, 11) is 0. The van der Waals surface area contributed by atoms with Crippen molar-refractivity contribution in [2.45, 2.75) is 26.7 Å². The van der Waals surface area contributed by atoms with Crippen molar-refractivity contribution in [3.8, 4) is 11.1 Å². The van der Waals surface area contributed by atoms with Crippen molar-refractivity contribution in [2.75, 3.05) is 0 Å². The third kappa shape index (κ3) is 2.64. The second-order valence-electron chi connectivity index (χ2n) is 4.78. The molecular formula is C16H13ClF4. The Bertz CT molecular complexity index is 666. The van der Waals surface area contributed by atoms with E-state index >= 15 is 0 Å². The lowest BCUT2D eigenvalue weighted by molar-refractivity contribution is 0.488. The first-order valence-corrected chi connectivity index (χ1v) is 6.88. The van der Waals surface area contributed by atoms with Gasteiger partial charge in [-0.1, -0.05) is 43.1 Å². The summed E-state index contributed by atoms with van der Waals surface area (Å²) >= 11 is 5.76. The van der Waals surface area contributed by atoms with Crippen LogP contribution in [-0.4, -0.2) is 0 Å².